The van der Waals surface area contributed by atoms with E-state index in [1.54, 1.807) is 44.2 Å². The van der Waals surface area contributed by atoms with Gasteiger partial charge in [-0.3, -0.25) is 4.79 Å². The second-order valence-electron chi connectivity index (χ2n) is 13.3. The van der Waals surface area contributed by atoms with E-state index in [0.29, 0.717) is 31.8 Å². The number of carboxylic acids is 1. The van der Waals surface area contributed by atoms with Crippen LogP contribution in [-0.4, -0.2) is 72.4 Å². The molecule has 10 nitrogen and oxygen atoms in total. The Balaban J connectivity index is 1.54. The van der Waals surface area contributed by atoms with Gasteiger partial charge in [0.05, 0.1) is 26.2 Å². The summed E-state index contributed by atoms with van der Waals surface area (Å²) in [5.41, 5.74) is -0.289. The molecule has 0 radical (unpaired) electrons. The molecule has 3 rings (SSSR count). The van der Waals surface area contributed by atoms with E-state index < -0.39 is 41.2 Å². The normalized spacial score (nSPS) is 15.9. The van der Waals surface area contributed by atoms with Crippen LogP contribution in [0.25, 0.3) is 0 Å². The number of amides is 1. The van der Waals surface area contributed by atoms with Crippen LogP contribution in [0.1, 0.15) is 95.6 Å². The average Bonchev–Trinajstić information content (AvgIpc) is 3.62. The Morgan fingerprint density at radius 1 is 0.962 bits per heavy atom. The van der Waals surface area contributed by atoms with Crippen LogP contribution in [0.5, 0.6) is 5.75 Å². The summed E-state index contributed by atoms with van der Waals surface area (Å²) in [6, 6.07) is 16.4. The molecule has 52 heavy (non-hydrogen) atoms. The van der Waals surface area contributed by atoms with Gasteiger partial charge in [0.2, 0.25) is 5.91 Å². The summed E-state index contributed by atoms with van der Waals surface area (Å²) in [4.78, 5) is 38.8. The standard InChI is InChI=1S/C42H57NO9/c1-4-6-29-50-35-24-22-34(23-25-35)32-37(39(45)49-3)43-38(44)36(42(48,26-5-2)40(46)47)21-14-9-7-8-10-16-27-41(51-30-31-52-41)28-17-15-20-33-18-12-11-13-19-33/h11-14,18-19,21-25,36-37,48H,5,7-10,15-17,20,26-32H2,1-3H3,(H,43,44)(H,46,47)/t36-,37+,42+/m1/s1. The highest BCUT2D eigenvalue weighted by Crippen LogP contribution is 2.32. The molecule has 2 aromatic rings. The van der Waals surface area contributed by atoms with Crippen LogP contribution in [0, 0.1) is 17.8 Å². The minimum atomic E-state index is -2.35. The van der Waals surface area contributed by atoms with Gasteiger partial charge in [0.15, 0.2) is 11.4 Å². The number of ether oxygens (including phenoxy) is 4. The van der Waals surface area contributed by atoms with E-state index in [0.717, 1.165) is 63.4 Å². The molecule has 0 unspecified atom stereocenters. The second-order valence-corrected chi connectivity index (χ2v) is 13.3. The number of carbonyl (C=O) groups excluding carboxylic acids is 2. The fraction of sp³-hybridized carbons (Fsp3) is 0.548. The molecule has 3 atom stereocenters. The quantitative estimate of drug-likeness (QED) is 0.0476. The van der Waals surface area contributed by atoms with Gasteiger partial charge in [-0.1, -0.05) is 86.7 Å². The van der Waals surface area contributed by atoms with Crippen molar-refractivity contribution in [3.05, 3.63) is 77.9 Å². The molecule has 0 saturated carbocycles. The topological polar surface area (TPSA) is 141 Å². The Morgan fingerprint density at radius 2 is 1.63 bits per heavy atom. The van der Waals surface area contributed by atoms with Gasteiger partial charge in [0.25, 0.3) is 0 Å². The summed E-state index contributed by atoms with van der Waals surface area (Å²) in [6.07, 6.45) is 12.7. The predicted molar refractivity (Wildman–Crippen MR) is 199 cm³/mol. The zero-order valence-corrected chi connectivity index (χ0v) is 31.1. The number of hydrogen-bond donors (Lipinski definition) is 3. The molecular weight excluding hydrogens is 662 g/mol. The number of esters is 1. The van der Waals surface area contributed by atoms with Gasteiger partial charge in [-0.05, 0) is 75.1 Å². The van der Waals surface area contributed by atoms with Crippen molar-refractivity contribution in [2.75, 3.05) is 26.9 Å². The van der Waals surface area contributed by atoms with Crippen LogP contribution in [0.3, 0.4) is 0 Å². The third-order valence-electron chi connectivity index (χ3n) is 9.39. The number of allylic oxidation sites excluding steroid dienone is 1. The fourth-order valence-electron chi connectivity index (χ4n) is 6.51. The lowest BCUT2D eigenvalue weighted by molar-refractivity contribution is -0.168. The summed E-state index contributed by atoms with van der Waals surface area (Å²) < 4.78 is 22.7. The van der Waals surface area contributed by atoms with E-state index in [-0.39, 0.29) is 19.4 Å². The van der Waals surface area contributed by atoms with Crippen molar-refractivity contribution >= 4 is 17.8 Å². The van der Waals surface area contributed by atoms with Crippen LogP contribution in [0.15, 0.2) is 66.7 Å². The van der Waals surface area contributed by atoms with Crippen LogP contribution in [0.2, 0.25) is 0 Å². The van der Waals surface area contributed by atoms with Crippen LogP contribution in [0.4, 0.5) is 0 Å². The number of rotatable bonds is 24. The Labute approximate surface area is 309 Å². The number of aliphatic hydroxyl groups is 1. The number of hydrogen-bond acceptors (Lipinski definition) is 8. The van der Waals surface area contributed by atoms with Crippen molar-refractivity contribution in [3.8, 4) is 17.6 Å². The van der Waals surface area contributed by atoms with Gasteiger partial charge in [0, 0.05) is 19.3 Å². The molecule has 1 aliphatic heterocycles. The molecule has 1 saturated heterocycles. The van der Waals surface area contributed by atoms with E-state index in [4.69, 9.17) is 18.9 Å². The van der Waals surface area contributed by atoms with Crippen molar-refractivity contribution in [2.45, 2.75) is 115 Å². The van der Waals surface area contributed by atoms with Crippen molar-refractivity contribution in [1.29, 1.82) is 0 Å². The Bertz CT molecular complexity index is 1460. The van der Waals surface area contributed by atoms with Crippen LogP contribution >= 0.6 is 0 Å². The van der Waals surface area contributed by atoms with E-state index in [9.17, 15) is 24.6 Å². The smallest absolute Gasteiger partial charge is 0.336 e. The third kappa shape index (κ3) is 13.8. The molecule has 10 heteroatoms. The fourth-order valence-corrected chi connectivity index (χ4v) is 6.51. The highest BCUT2D eigenvalue weighted by atomic mass is 16.7. The van der Waals surface area contributed by atoms with E-state index in [1.165, 1.54) is 18.7 Å². The second kappa shape index (κ2) is 22.7. The van der Waals surface area contributed by atoms with Crippen LogP contribution < -0.4 is 10.1 Å². The maximum absolute atomic E-state index is 13.7. The molecule has 1 aliphatic rings. The highest BCUT2D eigenvalue weighted by molar-refractivity contribution is 5.92. The van der Waals surface area contributed by atoms with Gasteiger partial charge in [-0.15, -0.1) is 5.92 Å². The summed E-state index contributed by atoms with van der Waals surface area (Å²) in [5, 5.41) is 24.0. The molecule has 1 heterocycles. The number of carbonyl (C=O) groups is 3. The molecule has 2 aromatic carbocycles. The van der Waals surface area contributed by atoms with Crippen molar-refractivity contribution in [3.63, 3.8) is 0 Å². The molecule has 0 bridgehead atoms. The molecule has 284 valence electrons. The summed E-state index contributed by atoms with van der Waals surface area (Å²) in [5.74, 6) is 1.30. The third-order valence-corrected chi connectivity index (χ3v) is 9.39. The first-order valence-electron chi connectivity index (χ1n) is 18.6. The largest absolute Gasteiger partial charge is 0.481 e. The lowest BCUT2D eigenvalue weighted by Gasteiger charge is -2.30. The first-order chi connectivity index (χ1) is 25.2. The first-order valence-corrected chi connectivity index (χ1v) is 18.6. The molecule has 1 fully saturated rings. The number of nitrogens with one attached hydrogen (secondary N) is 1. The zero-order chi connectivity index (χ0) is 37.7. The van der Waals surface area contributed by atoms with Crippen LogP contribution in [-0.2, 0) is 41.4 Å². The molecule has 3 N–H and O–H groups in total. The predicted octanol–water partition coefficient (Wildman–Crippen LogP) is 6.57. The van der Waals surface area contributed by atoms with Crippen molar-refractivity contribution in [1.82, 2.24) is 5.32 Å². The molecule has 1 amide bonds. The number of methoxy groups -OCH3 is 1. The number of carboxylic acid groups (broad SMARTS) is 1. The van der Waals surface area contributed by atoms with Crippen molar-refractivity contribution < 1.29 is 43.5 Å². The number of benzene rings is 2. The molecule has 0 spiro atoms. The van der Waals surface area contributed by atoms with Gasteiger partial charge in [-0.25, -0.2) is 9.59 Å². The highest BCUT2D eigenvalue weighted by Gasteiger charge is 2.46. The minimum absolute atomic E-state index is 0.0915. The van der Waals surface area contributed by atoms with E-state index in [1.807, 2.05) is 6.07 Å². The van der Waals surface area contributed by atoms with Crippen molar-refractivity contribution in [2.24, 2.45) is 5.92 Å². The number of aryl methyl sites for hydroxylation is 1. The summed E-state index contributed by atoms with van der Waals surface area (Å²) in [6.45, 7) is 4.96. The Morgan fingerprint density at radius 3 is 2.27 bits per heavy atom. The number of unbranched alkanes of at least 4 members (excludes halogenated alkanes) is 5. The number of aliphatic carboxylic acids is 1. The lowest BCUT2D eigenvalue weighted by Crippen LogP contribution is -2.54. The van der Waals surface area contributed by atoms with Gasteiger partial charge in [-0.2, -0.15) is 0 Å². The van der Waals surface area contributed by atoms with Gasteiger partial charge in [0.1, 0.15) is 18.4 Å². The van der Waals surface area contributed by atoms with E-state index >= 15 is 0 Å². The van der Waals surface area contributed by atoms with Gasteiger partial charge < -0.3 is 34.5 Å². The van der Waals surface area contributed by atoms with Gasteiger partial charge >= 0.3 is 11.9 Å². The molecular formula is C42H57NO9. The monoisotopic (exact) mass is 719 g/mol. The summed E-state index contributed by atoms with van der Waals surface area (Å²) in [7, 11) is 1.22. The minimum Gasteiger partial charge on any atom is -0.481 e. The average molecular weight is 720 g/mol. The SMILES string of the molecule is CC#CCOc1ccc(C[C@H](NC(=O)[C@@H](C=CCCCCCCC2(CCCCc3ccccc3)OCCO2)[C@@](O)(CCC)C(=O)O)C(=O)OC)cc1. The Kier molecular flexibility index (Phi) is 18.4. The maximum Gasteiger partial charge on any atom is 0.336 e. The molecule has 0 aliphatic carbocycles. The molecule has 0 aromatic heterocycles. The summed E-state index contributed by atoms with van der Waals surface area (Å²) >= 11 is 0. The first kappa shape index (κ1) is 42.2. The van der Waals surface area contributed by atoms with E-state index in [2.05, 4.69) is 41.4 Å². The zero-order valence-electron chi connectivity index (χ0n) is 31.1. The Hall–Kier alpha value is -4.17. The lowest BCUT2D eigenvalue weighted by atomic mass is 9.82. The maximum atomic E-state index is 13.7.